The van der Waals surface area contributed by atoms with Crippen LogP contribution in [0.2, 0.25) is 0 Å². The maximum atomic E-state index is 4.19. The van der Waals surface area contributed by atoms with E-state index in [0.29, 0.717) is 17.8 Å². The summed E-state index contributed by atoms with van der Waals surface area (Å²) in [4.78, 5) is 0. The molecule has 0 bridgehead atoms. The van der Waals surface area contributed by atoms with Gasteiger partial charge in [-0.1, -0.05) is 53.3 Å². The maximum absolute atomic E-state index is 4.19. The molecule has 0 aromatic carbocycles. The normalized spacial score (nSPS) is 12.7. The first kappa shape index (κ1) is 15.3. The van der Waals surface area contributed by atoms with Crippen LogP contribution in [0.4, 0.5) is 0 Å². The number of hydrogen-bond acceptors (Lipinski definition) is 0. The molecule has 0 radical (unpaired) electrons. The van der Waals surface area contributed by atoms with E-state index < -0.39 is 0 Å². The molecule has 0 amide bonds. The predicted octanol–water partition coefficient (Wildman–Crippen LogP) is 5.37. The molecule has 0 aliphatic rings. The van der Waals surface area contributed by atoms with Crippen molar-refractivity contribution in [2.24, 2.45) is 17.8 Å². The summed E-state index contributed by atoms with van der Waals surface area (Å²) >= 11 is 0. The highest BCUT2D eigenvalue weighted by Gasteiger charge is 2.17. The first-order valence-corrected chi connectivity index (χ1v) is 6.47. The summed E-state index contributed by atoms with van der Waals surface area (Å²) in [6.07, 6.45) is 3.34. The smallest absolute Gasteiger partial charge is 0.0210 e. The summed E-state index contributed by atoms with van der Waals surface area (Å²) in [7, 11) is 0. The van der Waals surface area contributed by atoms with Gasteiger partial charge in [0.1, 0.15) is 0 Å². The van der Waals surface area contributed by atoms with E-state index in [2.05, 4.69) is 53.5 Å². The molecular formula is C16H28. The highest BCUT2D eigenvalue weighted by Crippen LogP contribution is 2.29. The van der Waals surface area contributed by atoms with E-state index in [-0.39, 0.29) is 0 Å². The van der Waals surface area contributed by atoms with Crippen LogP contribution in [0.25, 0.3) is 0 Å². The molecule has 0 aromatic rings. The average Bonchev–Trinajstić information content (AvgIpc) is 2.23. The second kappa shape index (κ2) is 7.52. The van der Waals surface area contributed by atoms with Gasteiger partial charge >= 0.3 is 0 Å². The summed E-state index contributed by atoms with van der Waals surface area (Å²) < 4.78 is 0. The van der Waals surface area contributed by atoms with Gasteiger partial charge in [0.15, 0.2) is 0 Å². The van der Waals surface area contributed by atoms with Crippen molar-refractivity contribution in [3.05, 3.63) is 30.0 Å². The monoisotopic (exact) mass is 220 g/mol. The van der Waals surface area contributed by atoms with Crippen LogP contribution in [0.5, 0.6) is 0 Å². The fraction of sp³-hybridized carbons (Fsp3) is 0.688. The topological polar surface area (TPSA) is 0 Å². The van der Waals surface area contributed by atoms with E-state index in [9.17, 15) is 0 Å². The van der Waals surface area contributed by atoms with E-state index in [0.717, 1.165) is 19.3 Å². The van der Waals surface area contributed by atoms with Crippen molar-refractivity contribution in [3.63, 3.8) is 0 Å². The third-order valence-electron chi connectivity index (χ3n) is 3.47. The molecular weight excluding hydrogens is 192 g/mol. The summed E-state index contributed by atoms with van der Waals surface area (Å²) in [6, 6.07) is 0. The van der Waals surface area contributed by atoms with Gasteiger partial charge in [-0.2, -0.15) is 0 Å². The van der Waals surface area contributed by atoms with Crippen molar-refractivity contribution in [2.45, 2.75) is 53.9 Å². The average molecular weight is 220 g/mol. The lowest BCUT2D eigenvalue weighted by Gasteiger charge is -2.24. The van der Waals surface area contributed by atoms with Crippen LogP contribution < -0.4 is 0 Å². The van der Waals surface area contributed by atoms with Crippen LogP contribution in [0.3, 0.4) is 0 Å². The number of rotatable bonds is 7. The lowest BCUT2D eigenvalue weighted by atomic mass is 9.82. The molecule has 0 saturated carbocycles. The Labute approximate surface area is 102 Å². The minimum absolute atomic E-state index is 0.596. The Morgan fingerprint density at radius 2 is 1.69 bits per heavy atom. The van der Waals surface area contributed by atoms with Crippen LogP contribution in [0.15, 0.2) is 30.0 Å². The molecule has 0 aliphatic carbocycles. The fourth-order valence-electron chi connectivity index (χ4n) is 1.77. The number of hydrogen-bond donors (Lipinski definition) is 0. The molecule has 0 N–H and O–H groups in total. The summed E-state index contributed by atoms with van der Waals surface area (Å²) in [6.45, 7) is 19.2. The second-order valence-corrected chi connectivity index (χ2v) is 5.36. The molecule has 0 nitrogen and oxygen atoms in total. The second-order valence-electron chi connectivity index (χ2n) is 5.36. The maximum Gasteiger partial charge on any atom is -0.0210 e. The third-order valence-corrected chi connectivity index (χ3v) is 3.47. The minimum atomic E-state index is 0.596. The highest BCUT2D eigenvalue weighted by atomic mass is 14.2. The molecule has 1 atom stereocenters. The number of allylic oxidation sites excluding steroid dienone is 2. The standard InChI is InChI=1S/C16H28/c1-8-15(9-2)11-16(13(5)6)10-14(7)12(3)4/h12-13,16H,1,7,9-11H2,2-6H3. The zero-order valence-electron chi connectivity index (χ0n) is 11.8. The van der Waals surface area contributed by atoms with Crippen molar-refractivity contribution >= 4 is 0 Å². The van der Waals surface area contributed by atoms with Crippen LogP contribution in [0, 0.1) is 17.8 Å². The van der Waals surface area contributed by atoms with Crippen molar-refractivity contribution in [3.8, 4) is 0 Å². The lowest BCUT2D eigenvalue weighted by Crippen LogP contribution is -2.12. The Hall–Kier alpha value is -0.740. The van der Waals surface area contributed by atoms with Gasteiger partial charge < -0.3 is 0 Å². The van der Waals surface area contributed by atoms with E-state index in [1.807, 2.05) is 0 Å². The van der Waals surface area contributed by atoms with E-state index in [1.165, 1.54) is 11.1 Å². The summed E-state index contributed by atoms with van der Waals surface area (Å²) in [5, 5.41) is 0. The Kier molecular flexibility index (Phi) is 7.17. The molecule has 0 heterocycles. The Balaban J connectivity index is 4.51. The molecule has 0 saturated heterocycles. The van der Waals surface area contributed by atoms with Crippen molar-refractivity contribution in [2.75, 3.05) is 0 Å². The Morgan fingerprint density at radius 3 is 2.00 bits per heavy atom. The zero-order valence-corrected chi connectivity index (χ0v) is 11.8. The van der Waals surface area contributed by atoms with Crippen molar-refractivity contribution in [1.82, 2.24) is 0 Å². The quantitative estimate of drug-likeness (QED) is 0.399. The zero-order chi connectivity index (χ0) is 12.7. The largest absolute Gasteiger partial charge is 0.130 e. The molecule has 1 unspecified atom stereocenters. The van der Waals surface area contributed by atoms with Gasteiger partial charge in [-0.05, 0) is 42.6 Å². The molecule has 0 aromatic heterocycles. The SMILES string of the molecule is C=C=C(CC)CC(CC(=C)C(C)C)C(C)C. The minimum Gasteiger partial charge on any atom is -0.130 e. The van der Waals surface area contributed by atoms with Gasteiger partial charge in [-0.3, -0.25) is 0 Å². The van der Waals surface area contributed by atoms with Crippen molar-refractivity contribution < 1.29 is 0 Å². The molecule has 0 spiro atoms. The van der Waals surface area contributed by atoms with E-state index in [1.54, 1.807) is 0 Å². The van der Waals surface area contributed by atoms with Crippen LogP contribution in [-0.2, 0) is 0 Å². The van der Waals surface area contributed by atoms with Crippen molar-refractivity contribution in [1.29, 1.82) is 0 Å². The van der Waals surface area contributed by atoms with E-state index >= 15 is 0 Å². The molecule has 0 heteroatoms. The van der Waals surface area contributed by atoms with Crippen LogP contribution in [0.1, 0.15) is 53.9 Å². The first-order chi connectivity index (χ1) is 7.42. The molecule has 0 aliphatic heterocycles. The summed E-state index contributed by atoms with van der Waals surface area (Å²) in [5.74, 6) is 1.99. The van der Waals surface area contributed by atoms with E-state index in [4.69, 9.17) is 0 Å². The highest BCUT2D eigenvalue weighted by molar-refractivity contribution is 5.05. The van der Waals surface area contributed by atoms with Gasteiger partial charge in [-0.25, -0.2) is 0 Å². The van der Waals surface area contributed by atoms with Crippen LogP contribution >= 0.6 is 0 Å². The lowest BCUT2D eigenvalue weighted by molar-refractivity contribution is 0.367. The molecule has 0 fully saturated rings. The predicted molar refractivity (Wildman–Crippen MR) is 74.5 cm³/mol. The molecule has 92 valence electrons. The third kappa shape index (κ3) is 5.37. The molecule has 0 rings (SSSR count). The van der Waals surface area contributed by atoms with Gasteiger partial charge in [0.2, 0.25) is 0 Å². The van der Waals surface area contributed by atoms with Gasteiger partial charge in [0.05, 0.1) is 0 Å². The first-order valence-electron chi connectivity index (χ1n) is 6.47. The Bertz CT molecular complexity index is 262. The van der Waals surface area contributed by atoms with Gasteiger partial charge in [0, 0.05) is 0 Å². The van der Waals surface area contributed by atoms with Crippen LogP contribution in [-0.4, -0.2) is 0 Å². The fourth-order valence-corrected chi connectivity index (χ4v) is 1.77. The Morgan fingerprint density at radius 1 is 1.12 bits per heavy atom. The summed E-state index contributed by atoms with van der Waals surface area (Å²) in [5.41, 5.74) is 5.81. The molecule has 16 heavy (non-hydrogen) atoms. The van der Waals surface area contributed by atoms with Gasteiger partial charge in [-0.15, -0.1) is 5.73 Å². The van der Waals surface area contributed by atoms with Gasteiger partial charge in [0.25, 0.3) is 0 Å².